The SMILES string of the molecule is C=C(C)C(=O)OCC(CCCCCCCCCCCC)CCCCCCCCC(C)CCCC. The van der Waals surface area contributed by atoms with Crippen molar-refractivity contribution in [2.24, 2.45) is 11.8 Å². The smallest absolute Gasteiger partial charge is 0.333 e. The van der Waals surface area contributed by atoms with Crippen LogP contribution in [0.1, 0.15) is 169 Å². The van der Waals surface area contributed by atoms with Crippen LogP contribution in [0.15, 0.2) is 12.2 Å². The standard InChI is InChI=1S/C32H62O2/c1-6-8-10-11-12-13-14-15-19-22-26-31(28-34-32(33)29(3)4)27-23-20-17-16-18-21-25-30(5)24-9-7-2/h30-31H,3,6-28H2,1-2,4-5H3. The molecule has 0 fully saturated rings. The van der Waals surface area contributed by atoms with Gasteiger partial charge in [-0.2, -0.15) is 0 Å². The summed E-state index contributed by atoms with van der Waals surface area (Å²) in [4.78, 5) is 11.9. The molecule has 202 valence electrons. The van der Waals surface area contributed by atoms with Gasteiger partial charge in [0.25, 0.3) is 0 Å². The predicted molar refractivity (Wildman–Crippen MR) is 151 cm³/mol. The molecule has 0 bridgehead atoms. The molecule has 0 aliphatic heterocycles. The lowest BCUT2D eigenvalue weighted by atomic mass is 9.94. The highest BCUT2D eigenvalue weighted by atomic mass is 16.5. The zero-order valence-corrected chi connectivity index (χ0v) is 23.9. The van der Waals surface area contributed by atoms with Crippen molar-refractivity contribution in [3.8, 4) is 0 Å². The van der Waals surface area contributed by atoms with E-state index in [4.69, 9.17) is 4.74 Å². The first-order valence-corrected chi connectivity index (χ1v) is 15.3. The number of carbonyl (C=O) groups is 1. The average molecular weight is 479 g/mol. The van der Waals surface area contributed by atoms with E-state index in [1.807, 2.05) is 0 Å². The monoisotopic (exact) mass is 478 g/mol. The molecule has 34 heavy (non-hydrogen) atoms. The highest BCUT2D eigenvalue weighted by Gasteiger charge is 2.12. The summed E-state index contributed by atoms with van der Waals surface area (Å²) in [5.41, 5.74) is 0.515. The number of hydrogen-bond donors (Lipinski definition) is 0. The zero-order chi connectivity index (χ0) is 25.3. The number of ether oxygens (including phenoxy) is 1. The van der Waals surface area contributed by atoms with Crippen molar-refractivity contribution in [2.45, 2.75) is 169 Å². The van der Waals surface area contributed by atoms with Gasteiger partial charge in [-0.25, -0.2) is 4.79 Å². The quantitative estimate of drug-likeness (QED) is 0.0701. The molecule has 0 aliphatic carbocycles. The van der Waals surface area contributed by atoms with Gasteiger partial charge in [0.1, 0.15) is 0 Å². The average Bonchev–Trinajstić information content (AvgIpc) is 2.82. The Balaban J connectivity index is 3.90. The van der Waals surface area contributed by atoms with E-state index < -0.39 is 0 Å². The van der Waals surface area contributed by atoms with Gasteiger partial charge < -0.3 is 4.74 Å². The van der Waals surface area contributed by atoms with Crippen LogP contribution in [0.3, 0.4) is 0 Å². The van der Waals surface area contributed by atoms with Crippen LogP contribution >= 0.6 is 0 Å². The molecule has 0 radical (unpaired) electrons. The fraction of sp³-hybridized carbons (Fsp3) is 0.906. The van der Waals surface area contributed by atoms with Crippen LogP contribution in [-0.2, 0) is 9.53 Å². The molecular formula is C32H62O2. The molecule has 2 heteroatoms. The van der Waals surface area contributed by atoms with Crippen molar-refractivity contribution >= 4 is 5.97 Å². The number of rotatable bonds is 26. The van der Waals surface area contributed by atoms with Crippen molar-refractivity contribution in [3.05, 3.63) is 12.2 Å². The third kappa shape index (κ3) is 23.0. The summed E-state index contributed by atoms with van der Waals surface area (Å²) < 4.78 is 5.53. The Bertz CT molecular complexity index is 456. The highest BCUT2D eigenvalue weighted by Crippen LogP contribution is 2.21. The van der Waals surface area contributed by atoms with Gasteiger partial charge in [0.2, 0.25) is 0 Å². The van der Waals surface area contributed by atoms with Gasteiger partial charge in [0.15, 0.2) is 0 Å². The molecule has 0 N–H and O–H groups in total. The lowest BCUT2D eigenvalue weighted by molar-refractivity contribution is -0.140. The Morgan fingerprint density at radius 1 is 0.618 bits per heavy atom. The van der Waals surface area contributed by atoms with E-state index in [1.165, 1.54) is 141 Å². The summed E-state index contributed by atoms with van der Waals surface area (Å²) in [5.74, 6) is 1.21. The maximum Gasteiger partial charge on any atom is 0.333 e. The summed E-state index contributed by atoms with van der Waals surface area (Å²) in [5, 5.41) is 0. The van der Waals surface area contributed by atoms with E-state index in [1.54, 1.807) is 6.92 Å². The molecule has 2 nitrogen and oxygen atoms in total. The van der Waals surface area contributed by atoms with Crippen molar-refractivity contribution in [2.75, 3.05) is 6.61 Å². The number of carbonyl (C=O) groups excluding carboxylic acids is 1. The van der Waals surface area contributed by atoms with Gasteiger partial charge in [-0.1, -0.05) is 156 Å². The molecule has 0 heterocycles. The van der Waals surface area contributed by atoms with E-state index in [9.17, 15) is 4.79 Å². The molecule has 2 atom stereocenters. The summed E-state index contributed by atoms with van der Waals surface area (Å²) >= 11 is 0. The summed E-state index contributed by atoms with van der Waals surface area (Å²) in [6, 6.07) is 0. The number of unbranched alkanes of at least 4 members (excludes halogenated alkanes) is 15. The van der Waals surface area contributed by atoms with Gasteiger partial charge in [0.05, 0.1) is 6.61 Å². The Labute approximate surface area is 215 Å². The number of hydrogen-bond acceptors (Lipinski definition) is 2. The molecule has 0 spiro atoms. The van der Waals surface area contributed by atoms with E-state index in [-0.39, 0.29) is 5.97 Å². The fourth-order valence-electron chi connectivity index (χ4n) is 4.88. The van der Waals surface area contributed by atoms with E-state index >= 15 is 0 Å². The van der Waals surface area contributed by atoms with Crippen LogP contribution in [0.25, 0.3) is 0 Å². The van der Waals surface area contributed by atoms with Gasteiger partial charge in [-0.05, 0) is 31.6 Å². The molecule has 0 amide bonds. The van der Waals surface area contributed by atoms with Crippen LogP contribution in [0.5, 0.6) is 0 Å². The molecule has 0 saturated heterocycles. The van der Waals surface area contributed by atoms with Crippen molar-refractivity contribution in [1.29, 1.82) is 0 Å². The molecule has 0 rings (SSSR count). The van der Waals surface area contributed by atoms with Crippen LogP contribution in [0.4, 0.5) is 0 Å². The van der Waals surface area contributed by atoms with Gasteiger partial charge in [0, 0.05) is 5.57 Å². The second kappa shape index (κ2) is 25.3. The van der Waals surface area contributed by atoms with Gasteiger partial charge >= 0.3 is 5.97 Å². The second-order valence-corrected chi connectivity index (χ2v) is 11.2. The van der Waals surface area contributed by atoms with Crippen LogP contribution in [0, 0.1) is 11.8 Å². The first kappa shape index (κ1) is 33.2. The number of esters is 1. The molecule has 0 saturated carbocycles. The normalized spacial score (nSPS) is 13.1. The molecule has 0 aromatic carbocycles. The topological polar surface area (TPSA) is 26.3 Å². The Morgan fingerprint density at radius 3 is 1.44 bits per heavy atom. The molecule has 0 aliphatic rings. The summed E-state index contributed by atoms with van der Waals surface area (Å²) in [6.45, 7) is 13.0. The Hall–Kier alpha value is -0.790. The second-order valence-electron chi connectivity index (χ2n) is 11.2. The minimum Gasteiger partial charge on any atom is -0.462 e. The Morgan fingerprint density at radius 2 is 1.00 bits per heavy atom. The van der Waals surface area contributed by atoms with Crippen LogP contribution < -0.4 is 0 Å². The fourth-order valence-corrected chi connectivity index (χ4v) is 4.88. The summed E-state index contributed by atoms with van der Waals surface area (Å²) in [7, 11) is 0. The molecular weight excluding hydrogens is 416 g/mol. The Kier molecular flexibility index (Phi) is 24.7. The first-order valence-electron chi connectivity index (χ1n) is 15.3. The third-order valence-corrected chi connectivity index (χ3v) is 7.37. The van der Waals surface area contributed by atoms with Crippen molar-refractivity contribution in [1.82, 2.24) is 0 Å². The van der Waals surface area contributed by atoms with E-state index in [0.29, 0.717) is 18.1 Å². The van der Waals surface area contributed by atoms with Crippen molar-refractivity contribution < 1.29 is 9.53 Å². The van der Waals surface area contributed by atoms with Crippen LogP contribution in [0.2, 0.25) is 0 Å². The lowest BCUT2D eigenvalue weighted by Crippen LogP contribution is -2.15. The zero-order valence-electron chi connectivity index (χ0n) is 23.9. The maximum atomic E-state index is 11.9. The molecule has 2 unspecified atom stereocenters. The molecule has 0 aromatic rings. The minimum absolute atomic E-state index is 0.221. The van der Waals surface area contributed by atoms with E-state index in [2.05, 4.69) is 27.4 Å². The van der Waals surface area contributed by atoms with Gasteiger partial charge in [-0.15, -0.1) is 0 Å². The third-order valence-electron chi connectivity index (χ3n) is 7.37. The minimum atomic E-state index is -0.221. The highest BCUT2D eigenvalue weighted by molar-refractivity contribution is 5.86. The maximum absolute atomic E-state index is 11.9. The first-order chi connectivity index (χ1) is 16.5. The predicted octanol–water partition coefficient (Wildman–Crippen LogP) is 11.0. The lowest BCUT2D eigenvalue weighted by Gasteiger charge is -2.17. The van der Waals surface area contributed by atoms with Crippen LogP contribution in [-0.4, -0.2) is 12.6 Å². The molecule has 0 aromatic heterocycles. The van der Waals surface area contributed by atoms with E-state index in [0.717, 1.165) is 5.92 Å². The largest absolute Gasteiger partial charge is 0.462 e. The van der Waals surface area contributed by atoms with Gasteiger partial charge in [-0.3, -0.25) is 0 Å². The van der Waals surface area contributed by atoms with Crippen molar-refractivity contribution in [3.63, 3.8) is 0 Å². The summed E-state index contributed by atoms with van der Waals surface area (Å²) in [6.07, 6.45) is 29.9.